The summed E-state index contributed by atoms with van der Waals surface area (Å²) in [4.78, 5) is 14.0. The van der Waals surface area contributed by atoms with Gasteiger partial charge in [-0.2, -0.15) is 0 Å². The van der Waals surface area contributed by atoms with Gasteiger partial charge in [0.15, 0.2) is 17.5 Å². The lowest BCUT2D eigenvalue weighted by molar-refractivity contribution is -0.909. The second-order valence-corrected chi connectivity index (χ2v) is 7.03. The van der Waals surface area contributed by atoms with Gasteiger partial charge >= 0.3 is 0 Å². The number of ether oxygens (including phenoxy) is 2. The van der Waals surface area contributed by atoms with Crippen LogP contribution in [0.15, 0.2) is 54.6 Å². The molecule has 1 unspecified atom stereocenters. The molecule has 2 atom stereocenters. The van der Waals surface area contributed by atoms with Gasteiger partial charge in [-0.25, -0.2) is 0 Å². The number of hydrogen-bond donors (Lipinski definition) is 2. The lowest BCUT2D eigenvalue weighted by atomic mass is 9.99. The van der Waals surface area contributed by atoms with Crippen molar-refractivity contribution in [3.05, 3.63) is 60.2 Å². The Kier molecular flexibility index (Phi) is 5.12. The molecular weight excluding hydrogens is 340 g/mol. The molecule has 2 aliphatic rings. The first-order chi connectivity index (χ1) is 13.2. The molecule has 0 bridgehead atoms. The Morgan fingerprint density at radius 2 is 1.85 bits per heavy atom. The third kappa shape index (κ3) is 3.98. The maximum absolute atomic E-state index is 12.7. The van der Waals surface area contributed by atoms with Crippen molar-refractivity contribution in [2.45, 2.75) is 19.4 Å². The maximum Gasteiger partial charge on any atom is 0.282 e. The number of nitrogens with one attached hydrogen (secondary N) is 2. The fourth-order valence-electron chi connectivity index (χ4n) is 3.62. The van der Waals surface area contributed by atoms with Gasteiger partial charge in [0.2, 0.25) is 0 Å². The molecule has 5 heteroatoms. The average Bonchev–Trinajstić information content (AvgIpc) is 2.74. The number of quaternary nitrogens is 1. The van der Waals surface area contributed by atoms with Crippen molar-refractivity contribution >= 4 is 17.2 Å². The van der Waals surface area contributed by atoms with E-state index in [1.165, 1.54) is 16.0 Å². The molecule has 0 saturated carbocycles. The Morgan fingerprint density at radius 3 is 2.59 bits per heavy atom. The van der Waals surface area contributed by atoms with Crippen LogP contribution in [0.3, 0.4) is 0 Å². The van der Waals surface area contributed by atoms with Crippen LogP contribution in [-0.4, -0.2) is 38.3 Å². The van der Waals surface area contributed by atoms with Crippen LogP contribution in [-0.2, 0) is 4.79 Å². The molecule has 0 radical (unpaired) electrons. The first-order valence-corrected chi connectivity index (χ1v) is 9.50. The number of amides is 1. The van der Waals surface area contributed by atoms with Gasteiger partial charge in [-0.3, -0.25) is 4.79 Å². The number of carbonyl (C=O) groups excluding carboxylic acids is 1. The molecule has 140 valence electrons. The molecule has 0 fully saturated rings. The summed E-state index contributed by atoms with van der Waals surface area (Å²) in [6, 6.07) is 15.9. The van der Waals surface area contributed by atoms with E-state index in [1.54, 1.807) is 0 Å². The van der Waals surface area contributed by atoms with Gasteiger partial charge in [0.1, 0.15) is 13.2 Å². The van der Waals surface area contributed by atoms with Gasteiger partial charge < -0.3 is 19.7 Å². The highest BCUT2D eigenvalue weighted by Gasteiger charge is 2.27. The van der Waals surface area contributed by atoms with E-state index in [4.69, 9.17) is 9.47 Å². The minimum atomic E-state index is -0.119. The van der Waals surface area contributed by atoms with E-state index < -0.39 is 0 Å². The number of fused-ring (bicyclic) bond motifs is 1. The fourth-order valence-corrected chi connectivity index (χ4v) is 3.62. The molecule has 5 nitrogen and oxygen atoms in total. The van der Waals surface area contributed by atoms with Crippen molar-refractivity contribution in [1.29, 1.82) is 0 Å². The molecule has 2 aromatic carbocycles. The Labute approximate surface area is 159 Å². The molecule has 2 aromatic rings. The molecule has 2 aliphatic heterocycles. The summed E-state index contributed by atoms with van der Waals surface area (Å²) in [5.74, 6) is 1.44. The summed E-state index contributed by atoms with van der Waals surface area (Å²) < 4.78 is 11.1. The van der Waals surface area contributed by atoms with Crippen LogP contribution in [0.25, 0.3) is 5.57 Å². The molecule has 0 aliphatic carbocycles. The highest BCUT2D eigenvalue weighted by Crippen LogP contribution is 2.32. The van der Waals surface area contributed by atoms with Crippen LogP contribution in [0.1, 0.15) is 18.9 Å². The number of rotatable bonds is 4. The fraction of sp³-hybridized carbons (Fsp3) is 0.318. The van der Waals surface area contributed by atoms with Crippen molar-refractivity contribution in [3.8, 4) is 11.5 Å². The summed E-state index contributed by atoms with van der Waals surface area (Å²) in [5, 5.41) is 3.02. The van der Waals surface area contributed by atoms with E-state index in [0.717, 1.165) is 30.9 Å². The summed E-state index contributed by atoms with van der Waals surface area (Å²) in [6.45, 7) is 4.90. The minimum absolute atomic E-state index is 0.0261. The normalized spacial score (nSPS) is 19.7. The topological polar surface area (TPSA) is 52.0 Å². The summed E-state index contributed by atoms with van der Waals surface area (Å²) in [7, 11) is 0. The molecule has 0 saturated heterocycles. The van der Waals surface area contributed by atoms with E-state index in [1.807, 2.05) is 31.2 Å². The molecule has 2 heterocycles. The summed E-state index contributed by atoms with van der Waals surface area (Å²) >= 11 is 0. The van der Waals surface area contributed by atoms with Crippen LogP contribution in [0.2, 0.25) is 0 Å². The van der Waals surface area contributed by atoms with Gasteiger partial charge in [-0.1, -0.05) is 30.3 Å². The van der Waals surface area contributed by atoms with Crippen LogP contribution < -0.4 is 19.7 Å². The lowest BCUT2D eigenvalue weighted by Crippen LogP contribution is -3.17. The zero-order valence-electron chi connectivity index (χ0n) is 15.5. The van der Waals surface area contributed by atoms with Crippen molar-refractivity contribution in [2.75, 3.05) is 31.6 Å². The average molecular weight is 365 g/mol. The van der Waals surface area contributed by atoms with E-state index in [2.05, 4.69) is 35.7 Å². The van der Waals surface area contributed by atoms with E-state index in [0.29, 0.717) is 19.0 Å². The standard InChI is InChI=1S/C22H24N2O3/c1-16(24-11-9-18(10-12-24)17-5-3-2-4-6-17)22(25)23-19-7-8-20-21(15-19)27-14-13-26-20/h2-9,15-16H,10-14H2,1H3,(H,23,25)/p+1/t16-/m0/s1. The van der Waals surface area contributed by atoms with E-state index in [9.17, 15) is 4.79 Å². The van der Waals surface area contributed by atoms with Gasteiger partial charge in [-0.15, -0.1) is 0 Å². The van der Waals surface area contributed by atoms with Crippen molar-refractivity contribution in [1.82, 2.24) is 0 Å². The molecule has 1 amide bonds. The third-order valence-corrected chi connectivity index (χ3v) is 5.29. The molecular formula is C22H25N2O3+. The summed E-state index contributed by atoms with van der Waals surface area (Å²) in [6.07, 6.45) is 3.25. The van der Waals surface area contributed by atoms with Crippen molar-refractivity contribution in [2.24, 2.45) is 0 Å². The monoisotopic (exact) mass is 365 g/mol. The predicted molar refractivity (Wildman–Crippen MR) is 105 cm³/mol. The molecule has 2 N–H and O–H groups in total. The van der Waals surface area contributed by atoms with E-state index in [-0.39, 0.29) is 11.9 Å². The first kappa shape index (κ1) is 17.6. The van der Waals surface area contributed by atoms with Crippen LogP contribution >= 0.6 is 0 Å². The van der Waals surface area contributed by atoms with Crippen LogP contribution in [0.4, 0.5) is 5.69 Å². The Hall–Kier alpha value is -2.79. The second-order valence-electron chi connectivity index (χ2n) is 7.03. The number of benzene rings is 2. The first-order valence-electron chi connectivity index (χ1n) is 9.50. The number of anilines is 1. The Bertz CT molecular complexity index is 848. The van der Waals surface area contributed by atoms with Crippen molar-refractivity contribution in [3.63, 3.8) is 0 Å². The largest absolute Gasteiger partial charge is 0.486 e. The number of carbonyl (C=O) groups is 1. The SMILES string of the molecule is C[C@@H](C(=O)Nc1ccc2c(c1)OCCO2)[NH+]1CC=C(c2ccccc2)CC1. The zero-order valence-corrected chi connectivity index (χ0v) is 15.5. The zero-order chi connectivity index (χ0) is 18.6. The predicted octanol–water partition coefficient (Wildman–Crippen LogP) is 2.16. The maximum atomic E-state index is 12.7. The Morgan fingerprint density at radius 1 is 1.07 bits per heavy atom. The second kappa shape index (κ2) is 7.84. The molecule has 0 aromatic heterocycles. The molecule has 27 heavy (non-hydrogen) atoms. The minimum Gasteiger partial charge on any atom is -0.486 e. The summed E-state index contributed by atoms with van der Waals surface area (Å²) in [5.41, 5.74) is 3.40. The Balaban J connectivity index is 1.38. The third-order valence-electron chi connectivity index (χ3n) is 5.29. The van der Waals surface area contributed by atoms with Crippen LogP contribution in [0, 0.1) is 0 Å². The highest BCUT2D eigenvalue weighted by molar-refractivity contribution is 5.94. The van der Waals surface area contributed by atoms with Gasteiger partial charge in [0.05, 0.1) is 13.1 Å². The van der Waals surface area contributed by atoms with Gasteiger partial charge in [-0.05, 0) is 36.3 Å². The highest BCUT2D eigenvalue weighted by atomic mass is 16.6. The smallest absolute Gasteiger partial charge is 0.282 e. The lowest BCUT2D eigenvalue weighted by Gasteiger charge is -2.28. The van der Waals surface area contributed by atoms with Gasteiger partial charge in [0.25, 0.3) is 5.91 Å². The molecule has 0 spiro atoms. The quantitative estimate of drug-likeness (QED) is 0.873. The molecule has 4 rings (SSSR count). The van der Waals surface area contributed by atoms with E-state index >= 15 is 0 Å². The van der Waals surface area contributed by atoms with Crippen molar-refractivity contribution < 1.29 is 19.2 Å². The van der Waals surface area contributed by atoms with Crippen LogP contribution in [0.5, 0.6) is 11.5 Å². The number of hydrogen-bond acceptors (Lipinski definition) is 3. The van der Waals surface area contributed by atoms with Gasteiger partial charge in [0, 0.05) is 18.2 Å².